The minimum absolute atomic E-state index is 0.0618. The molecule has 7 heteroatoms. The highest BCUT2D eigenvalue weighted by Crippen LogP contribution is 2.20. The molecule has 7 nitrogen and oxygen atoms in total. The number of carbonyl (C=O) groups excluding carboxylic acids is 3. The average molecular weight is 583 g/mol. The second-order valence-corrected chi connectivity index (χ2v) is 10.6. The maximum atomic E-state index is 13.5. The van der Waals surface area contributed by atoms with Gasteiger partial charge >= 0.3 is 5.97 Å². The minimum Gasteiger partial charge on any atom is -0.463 e. The molecular formula is C36H42N2O5. The highest BCUT2D eigenvalue weighted by atomic mass is 16.5. The molecule has 0 unspecified atom stereocenters. The third-order valence-electron chi connectivity index (χ3n) is 7.18. The first kappa shape index (κ1) is 33.0. The number of hydrogen-bond acceptors (Lipinski definition) is 5. The Morgan fingerprint density at radius 3 is 1.84 bits per heavy atom. The molecule has 0 saturated heterocycles. The summed E-state index contributed by atoms with van der Waals surface area (Å²) in [5.41, 5.74) is 2.79. The van der Waals surface area contributed by atoms with Crippen molar-refractivity contribution >= 4 is 17.8 Å². The molecule has 226 valence electrons. The summed E-state index contributed by atoms with van der Waals surface area (Å²) in [6.07, 6.45) is 4.96. The van der Waals surface area contributed by atoms with Gasteiger partial charge in [-0.2, -0.15) is 0 Å². The normalized spacial score (nSPS) is 13.5. The summed E-state index contributed by atoms with van der Waals surface area (Å²) in [5.74, 6) is -2.15. The fourth-order valence-corrected chi connectivity index (χ4v) is 4.90. The van der Waals surface area contributed by atoms with Crippen LogP contribution >= 0.6 is 0 Å². The van der Waals surface area contributed by atoms with Crippen LogP contribution in [0.4, 0.5) is 0 Å². The molecule has 3 N–H and O–H groups in total. The van der Waals surface area contributed by atoms with Crippen molar-refractivity contribution in [2.75, 3.05) is 13.2 Å². The number of rotatable bonds is 18. The number of benzene rings is 3. The van der Waals surface area contributed by atoms with E-state index in [1.54, 1.807) is 12.2 Å². The smallest absolute Gasteiger partial charge is 0.309 e. The van der Waals surface area contributed by atoms with Gasteiger partial charge in [0.2, 0.25) is 11.8 Å². The maximum Gasteiger partial charge on any atom is 0.309 e. The lowest BCUT2D eigenvalue weighted by Gasteiger charge is -2.24. The first-order valence-electron chi connectivity index (χ1n) is 14.6. The Balaban J connectivity index is 1.65. The van der Waals surface area contributed by atoms with Crippen molar-refractivity contribution < 1.29 is 24.2 Å². The van der Waals surface area contributed by atoms with E-state index in [9.17, 15) is 19.5 Å². The van der Waals surface area contributed by atoms with Crippen LogP contribution in [0.5, 0.6) is 0 Å². The van der Waals surface area contributed by atoms with Gasteiger partial charge in [-0.3, -0.25) is 14.4 Å². The lowest BCUT2D eigenvalue weighted by Crippen LogP contribution is -2.42. The number of ether oxygens (including phenoxy) is 1. The van der Waals surface area contributed by atoms with E-state index in [1.807, 2.05) is 91.0 Å². The average Bonchev–Trinajstić information content (AvgIpc) is 3.03. The van der Waals surface area contributed by atoms with Gasteiger partial charge < -0.3 is 20.5 Å². The molecule has 43 heavy (non-hydrogen) atoms. The SMILES string of the molecule is C=CC[C@H](CC(=O)N[C@H](CO)Cc1ccccc1)C(=O)N[C@H](COC(=O)[C@@H](CC=C)Cc1ccccc1)c1ccccc1. The standard InChI is InChI=1S/C36H42N2O5/c1-3-14-30(24-34(40)37-32(25-39)23-28-18-10-6-11-19-28)35(41)38-33(29-20-12-7-13-21-29)26-43-36(42)31(15-4-2)22-27-16-8-5-9-17-27/h3-13,16-21,30-33,39H,1-2,14-15,22-26H2,(H,37,40)(H,38,41)/t30-,31+,32+,33-/m1/s1. The highest BCUT2D eigenvalue weighted by Gasteiger charge is 2.27. The maximum absolute atomic E-state index is 13.5. The van der Waals surface area contributed by atoms with Crippen LogP contribution in [0.3, 0.4) is 0 Å². The first-order valence-corrected chi connectivity index (χ1v) is 14.6. The van der Waals surface area contributed by atoms with Crippen molar-refractivity contribution in [2.45, 2.75) is 44.2 Å². The van der Waals surface area contributed by atoms with Gasteiger partial charge in [0, 0.05) is 6.42 Å². The highest BCUT2D eigenvalue weighted by molar-refractivity contribution is 5.86. The van der Waals surface area contributed by atoms with Gasteiger partial charge in [0.1, 0.15) is 6.61 Å². The third-order valence-corrected chi connectivity index (χ3v) is 7.18. The second-order valence-electron chi connectivity index (χ2n) is 10.6. The molecule has 3 aromatic carbocycles. The molecule has 0 aromatic heterocycles. The van der Waals surface area contributed by atoms with Crippen LogP contribution in [0.1, 0.15) is 42.0 Å². The molecule has 4 atom stereocenters. The molecule has 0 fully saturated rings. The van der Waals surface area contributed by atoms with Gasteiger partial charge in [0.25, 0.3) is 0 Å². The Morgan fingerprint density at radius 2 is 1.28 bits per heavy atom. The van der Waals surface area contributed by atoms with Crippen molar-refractivity contribution in [3.05, 3.63) is 133 Å². The second kappa shape index (κ2) is 18.1. The van der Waals surface area contributed by atoms with Gasteiger partial charge in [0.05, 0.1) is 30.5 Å². The van der Waals surface area contributed by atoms with Gasteiger partial charge in [-0.1, -0.05) is 103 Å². The zero-order chi connectivity index (χ0) is 30.9. The molecular weight excluding hydrogens is 540 g/mol. The number of esters is 1. The number of carbonyl (C=O) groups is 3. The molecule has 0 radical (unpaired) electrons. The molecule has 0 heterocycles. The molecule has 0 spiro atoms. The Morgan fingerprint density at radius 1 is 0.744 bits per heavy atom. The van der Waals surface area contributed by atoms with Crippen LogP contribution in [0, 0.1) is 11.8 Å². The number of allylic oxidation sites excluding steroid dienone is 2. The largest absolute Gasteiger partial charge is 0.463 e. The zero-order valence-electron chi connectivity index (χ0n) is 24.6. The van der Waals surface area contributed by atoms with E-state index in [0.29, 0.717) is 19.3 Å². The van der Waals surface area contributed by atoms with E-state index in [-0.39, 0.29) is 43.8 Å². The summed E-state index contributed by atoms with van der Waals surface area (Å²) in [7, 11) is 0. The molecule has 0 aliphatic heterocycles. The number of hydrogen-bond donors (Lipinski definition) is 3. The summed E-state index contributed by atoms with van der Waals surface area (Å²) < 4.78 is 5.76. The molecule has 3 rings (SSSR count). The van der Waals surface area contributed by atoms with Gasteiger partial charge in [0.15, 0.2) is 0 Å². The van der Waals surface area contributed by atoms with Crippen molar-refractivity contribution in [1.82, 2.24) is 10.6 Å². The quantitative estimate of drug-likeness (QED) is 0.143. The van der Waals surface area contributed by atoms with Crippen molar-refractivity contribution in [2.24, 2.45) is 11.8 Å². The molecule has 3 aromatic rings. The van der Waals surface area contributed by atoms with Crippen LogP contribution in [0.25, 0.3) is 0 Å². The Hall–Kier alpha value is -4.49. The summed E-state index contributed by atoms with van der Waals surface area (Å²) in [6, 6.07) is 27.5. The van der Waals surface area contributed by atoms with Crippen LogP contribution in [0.2, 0.25) is 0 Å². The molecule has 0 saturated carbocycles. The first-order chi connectivity index (χ1) is 20.9. The summed E-state index contributed by atoms with van der Waals surface area (Å²) in [6.45, 7) is 7.27. The molecule has 0 aliphatic carbocycles. The monoisotopic (exact) mass is 582 g/mol. The van der Waals surface area contributed by atoms with Gasteiger partial charge in [-0.05, 0) is 42.4 Å². The Kier molecular flexibility index (Phi) is 13.9. The predicted molar refractivity (Wildman–Crippen MR) is 169 cm³/mol. The van der Waals surface area contributed by atoms with E-state index in [2.05, 4.69) is 23.8 Å². The van der Waals surface area contributed by atoms with E-state index in [1.165, 1.54) is 0 Å². The summed E-state index contributed by atoms with van der Waals surface area (Å²) in [5, 5.41) is 15.7. The van der Waals surface area contributed by atoms with E-state index < -0.39 is 23.9 Å². The number of amides is 2. The van der Waals surface area contributed by atoms with Crippen LogP contribution in [-0.4, -0.2) is 42.1 Å². The minimum atomic E-state index is -0.693. The lowest BCUT2D eigenvalue weighted by molar-refractivity contribution is -0.150. The Bertz CT molecular complexity index is 1300. The third kappa shape index (κ3) is 11.4. The molecule has 2 amide bonds. The topological polar surface area (TPSA) is 105 Å². The van der Waals surface area contributed by atoms with E-state index in [4.69, 9.17) is 4.74 Å². The number of aliphatic hydroxyl groups is 1. The fraction of sp³-hybridized carbons (Fsp3) is 0.306. The van der Waals surface area contributed by atoms with Crippen molar-refractivity contribution in [3.63, 3.8) is 0 Å². The van der Waals surface area contributed by atoms with E-state index in [0.717, 1.165) is 16.7 Å². The van der Waals surface area contributed by atoms with Crippen LogP contribution < -0.4 is 10.6 Å². The summed E-state index contributed by atoms with van der Waals surface area (Å²) in [4.78, 5) is 39.5. The Labute approximate surface area is 254 Å². The van der Waals surface area contributed by atoms with Crippen molar-refractivity contribution in [3.8, 4) is 0 Å². The van der Waals surface area contributed by atoms with Crippen molar-refractivity contribution in [1.29, 1.82) is 0 Å². The van der Waals surface area contributed by atoms with Gasteiger partial charge in [-0.15, -0.1) is 13.2 Å². The lowest BCUT2D eigenvalue weighted by atomic mass is 9.96. The molecule has 0 aliphatic rings. The number of nitrogens with one attached hydrogen (secondary N) is 2. The van der Waals surface area contributed by atoms with Crippen LogP contribution in [-0.2, 0) is 32.0 Å². The number of aliphatic hydroxyl groups excluding tert-OH is 1. The summed E-state index contributed by atoms with van der Waals surface area (Å²) >= 11 is 0. The predicted octanol–water partition coefficient (Wildman–Crippen LogP) is 5.12. The zero-order valence-corrected chi connectivity index (χ0v) is 24.6. The van der Waals surface area contributed by atoms with Gasteiger partial charge in [-0.25, -0.2) is 0 Å². The fourth-order valence-electron chi connectivity index (χ4n) is 4.90. The van der Waals surface area contributed by atoms with Crippen LogP contribution in [0.15, 0.2) is 116 Å². The van der Waals surface area contributed by atoms with E-state index >= 15 is 0 Å². The molecule has 0 bridgehead atoms.